The van der Waals surface area contributed by atoms with Gasteiger partial charge in [0.1, 0.15) is 0 Å². The molecule has 3 nitrogen and oxygen atoms in total. The Bertz CT molecular complexity index is 636. The van der Waals surface area contributed by atoms with E-state index in [9.17, 15) is 13.7 Å². The molecule has 0 saturated heterocycles. The Hall–Kier alpha value is -0.760. The van der Waals surface area contributed by atoms with Gasteiger partial charge in [-0.05, 0) is 37.0 Å². The van der Waals surface area contributed by atoms with E-state index in [1.54, 1.807) is 6.92 Å². The quantitative estimate of drug-likeness (QED) is 0.840. The van der Waals surface area contributed by atoms with Crippen molar-refractivity contribution in [1.82, 2.24) is 0 Å². The Kier molecular flexibility index (Phi) is 3.35. The van der Waals surface area contributed by atoms with Crippen LogP contribution in [0.1, 0.15) is 19.8 Å². The van der Waals surface area contributed by atoms with Crippen molar-refractivity contribution in [3.63, 3.8) is 0 Å². The second kappa shape index (κ2) is 4.41. The molecule has 6 heteroatoms. The van der Waals surface area contributed by atoms with Gasteiger partial charge in [-0.3, -0.25) is 0 Å². The van der Waals surface area contributed by atoms with Crippen LogP contribution in [0.25, 0.3) is 0 Å². The van der Waals surface area contributed by atoms with Gasteiger partial charge in [0.15, 0.2) is 14.6 Å². The largest absolute Gasteiger partial charge is 0.222 e. The van der Waals surface area contributed by atoms with E-state index in [1.807, 2.05) is 6.07 Å². The van der Waals surface area contributed by atoms with Crippen molar-refractivity contribution in [2.75, 3.05) is 0 Å². The van der Waals surface area contributed by atoms with Gasteiger partial charge in [0.05, 0.1) is 16.0 Å². The molecule has 96 valence electrons. The molecule has 0 aliphatic heterocycles. The molecule has 1 saturated carbocycles. The van der Waals surface area contributed by atoms with Gasteiger partial charge in [-0.1, -0.05) is 30.1 Å². The molecular weight excluding hydrogens is 293 g/mol. The second-order valence-corrected chi connectivity index (χ2v) is 7.54. The van der Waals surface area contributed by atoms with Crippen LogP contribution >= 0.6 is 23.2 Å². The molecule has 0 N–H and O–H groups in total. The molecule has 2 unspecified atom stereocenters. The minimum absolute atomic E-state index is 0.0511. The smallest absolute Gasteiger partial charge is 0.199 e. The van der Waals surface area contributed by atoms with E-state index >= 15 is 0 Å². The van der Waals surface area contributed by atoms with Gasteiger partial charge in [-0.25, -0.2) is 8.42 Å². The fourth-order valence-electron chi connectivity index (χ4n) is 2.20. The highest BCUT2D eigenvalue weighted by molar-refractivity contribution is 7.93. The average molecular weight is 304 g/mol. The minimum atomic E-state index is -3.79. The predicted octanol–water partition coefficient (Wildman–Crippen LogP) is 3.46. The molecule has 1 aliphatic rings. The first-order valence-electron chi connectivity index (χ1n) is 5.46. The molecular formula is C12H11Cl2NO2S. The highest BCUT2D eigenvalue weighted by Gasteiger charge is 2.56. The first kappa shape index (κ1) is 13.7. The average Bonchev–Trinajstić information content (AvgIpc) is 2.31. The van der Waals surface area contributed by atoms with Gasteiger partial charge in [0, 0.05) is 5.02 Å². The summed E-state index contributed by atoms with van der Waals surface area (Å²) >= 11 is 11.7. The molecule has 1 aromatic rings. The molecule has 0 aromatic heterocycles. The molecule has 0 radical (unpaired) electrons. The van der Waals surface area contributed by atoms with E-state index in [1.165, 1.54) is 18.2 Å². The standard InChI is InChI=1S/C12H11Cl2NO2S/c1-8-4-5-12(8,7-15)18(16,17)11-6-9(13)2-3-10(11)14/h2-3,6,8H,4-5H2,1H3. The molecule has 1 aliphatic carbocycles. The zero-order valence-electron chi connectivity index (χ0n) is 9.65. The van der Waals surface area contributed by atoms with Crippen LogP contribution in [0.3, 0.4) is 0 Å². The normalized spacial score (nSPS) is 27.3. The van der Waals surface area contributed by atoms with Crippen molar-refractivity contribution in [1.29, 1.82) is 5.26 Å². The third kappa shape index (κ3) is 1.73. The van der Waals surface area contributed by atoms with E-state index in [0.717, 1.165) is 6.42 Å². The van der Waals surface area contributed by atoms with Gasteiger partial charge >= 0.3 is 0 Å². The Balaban J connectivity index is 2.63. The Morgan fingerprint density at radius 3 is 2.56 bits per heavy atom. The molecule has 0 amide bonds. The Labute approximate surface area is 116 Å². The van der Waals surface area contributed by atoms with Crippen LogP contribution in [0, 0.1) is 17.2 Å². The Morgan fingerprint density at radius 2 is 2.11 bits per heavy atom. The van der Waals surface area contributed by atoms with Crippen LogP contribution in [0.5, 0.6) is 0 Å². The third-order valence-corrected chi connectivity index (χ3v) is 6.85. The number of nitriles is 1. The second-order valence-electron chi connectivity index (χ2n) is 4.52. The van der Waals surface area contributed by atoms with E-state index in [0.29, 0.717) is 6.42 Å². The lowest BCUT2D eigenvalue weighted by molar-refractivity contribution is 0.279. The van der Waals surface area contributed by atoms with Crippen molar-refractivity contribution in [2.45, 2.75) is 29.4 Å². The molecule has 18 heavy (non-hydrogen) atoms. The monoisotopic (exact) mass is 303 g/mol. The van der Waals surface area contributed by atoms with Crippen molar-refractivity contribution < 1.29 is 8.42 Å². The summed E-state index contributed by atoms with van der Waals surface area (Å²) in [4.78, 5) is -0.0511. The predicted molar refractivity (Wildman–Crippen MR) is 70.4 cm³/mol. The van der Waals surface area contributed by atoms with Crippen LogP contribution in [0.2, 0.25) is 10.0 Å². The molecule has 1 aromatic carbocycles. The van der Waals surface area contributed by atoms with Crippen LogP contribution in [0.15, 0.2) is 23.1 Å². The first-order chi connectivity index (χ1) is 8.35. The number of sulfone groups is 1. The van der Waals surface area contributed by atoms with Gasteiger partial charge < -0.3 is 0 Å². The SMILES string of the molecule is CC1CCC1(C#N)S(=O)(=O)c1cc(Cl)ccc1Cl. The highest BCUT2D eigenvalue weighted by Crippen LogP contribution is 2.48. The van der Waals surface area contributed by atoms with Crippen LogP contribution in [0.4, 0.5) is 0 Å². The van der Waals surface area contributed by atoms with E-state index in [4.69, 9.17) is 23.2 Å². The zero-order chi connectivity index (χ0) is 13.6. The summed E-state index contributed by atoms with van der Waals surface area (Å²) in [6, 6.07) is 6.23. The van der Waals surface area contributed by atoms with Crippen molar-refractivity contribution >= 4 is 33.0 Å². The molecule has 2 rings (SSSR count). The van der Waals surface area contributed by atoms with Gasteiger partial charge in [-0.2, -0.15) is 5.26 Å². The fraction of sp³-hybridized carbons (Fsp3) is 0.417. The summed E-state index contributed by atoms with van der Waals surface area (Å²) in [7, 11) is -3.79. The van der Waals surface area contributed by atoms with E-state index < -0.39 is 14.6 Å². The van der Waals surface area contributed by atoms with E-state index in [-0.39, 0.29) is 20.9 Å². The maximum absolute atomic E-state index is 12.6. The first-order valence-corrected chi connectivity index (χ1v) is 7.70. The van der Waals surface area contributed by atoms with E-state index in [2.05, 4.69) is 0 Å². The number of nitrogens with zero attached hydrogens (tertiary/aromatic N) is 1. The van der Waals surface area contributed by atoms with Crippen LogP contribution in [-0.4, -0.2) is 13.2 Å². The number of rotatable bonds is 2. The summed E-state index contributed by atoms with van der Waals surface area (Å²) in [5.74, 6) is -0.192. The maximum atomic E-state index is 12.6. The lowest BCUT2D eigenvalue weighted by atomic mass is 9.75. The summed E-state index contributed by atoms with van der Waals surface area (Å²) in [6.07, 6.45) is 1.07. The van der Waals surface area contributed by atoms with Crippen molar-refractivity contribution in [3.8, 4) is 6.07 Å². The summed E-state index contributed by atoms with van der Waals surface area (Å²) in [5, 5.41) is 9.65. The fourth-order valence-corrected chi connectivity index (χ4v) is 5.01. The van der Waals surface area contributed by atoms with Gasteiger partial charge in [-0.15, -0.1) is 0 Å². The Morgan fingerprint density at radius 1 is 1.44 bits per heavy atom. The highest BCUT2D eigenvalue weighted by atomic mass is 35.5. The molecule has 0 spiro atoms. The van der Waals surface area contributed by atoms with Crippen molar-refractivity contribution in [2.24, 2.45) is 5.92 Å². The summed E-state index contributed by atoms with van der Waals surface area (Å²) in [5.41, 5.74) is 0. The third-order valence-electron chi connectivity index (χ3n) is 3.60. The van der Waals surface area contributed by atoms with Crippen LogP contribution < -0.4 is 0 Å². The topological polar surface area (TPSA) is 57.9 Å². The lowest BCUT2D eigenvalue weighted by Gasteiger charge is -2.41. The van der Waals surface area contributed by atoms with Crippen molar-refractivity contribution in [3.05, 3.63) is 28.2 Å². The lowest BCUT2D eigenvalue weighted by Crippen LogP contribution is -2.51. The summed E-state index contributed by atoms with van der Waals surface area (Å²) in [6.45, 7) is 1.77. The number of halogens is 2. The van der Waals surface area contributed by atoms with Gasteiger partial charge in [0.2, 0.25) is 0 Å². The molecule has 0 bridgehead atoms. The number of hydrogen-bond donors (Lipinski definition) is 0. The maximum Gasteiger partial charge on any atom is 0.199 e. The summed E-state index contributed by atoms with van der Waals surface area (Å²) < 4.78 is 23.8. The minimum Gasteiger partial charge on any atom is -0.222 e. The number of benzene rings is 1. The molecule has 2 atom stereocenters. The molecule has 0 heterocycles. The van der Waals surface area contributed by atoms with Crippen LogP contribution in [-0.2, 0) is 9.84 Å². The zero-order valence-corrected chi connectivity index (χ0v) is 12.0. The molecule has 1 fully saturated rings. The number of hydrogen-bond acceptors (Lipinski definition) is 3. The van der Waals surface area contributed by atoms with Gasteiger partial charge in [0.25, 0.3) is 0 Å².